The van der Waals surface area contributed by atoms with E-state index in [1.165, 1.54) is 0 Å². The van der Waals surface area contributed by atoms with Gasteiger partial charge in [0.15, 0.2) is 0 Å². The van der Waals surface area contributed by atoms with Crippen LogP contribution in [0.25, 0.3) is 10.9 Å². The molecule has 0 aliphatic carbocycles. The average molecular weight is 244 g/mol. The summed E-state index contributed by atoms with van der Waals surface area (Å²) in [6.45, 7) is 5.67. The summed E-state index contributed by atoms with van der Waals surface area (Å²) in [6, 6.07) is 8.98. The Morgan fingerprint density at radius 1 is 1.28 bits per heavy atom. The lowest BCUT2D eigenvalue weighted by Crippen LogP contribution is -2.23. The highest BCUT2D eigenvalue weighted by Crippen LogP contribution is 2.22. The molecule has 1 N–H and O–H groups in total. The van der Waals surface area contributed by atoms with Crippen LogP contribution in [0, 0.1) is 0 Å². The molecule has 0 radical (unpaired) electrons. The first-order valence-electron chi connectivity index (χ1n) is 6.05. The second-order valence-electron chi connectivity index (χ2n) is 4.02. The van der Waals surface area contributed by atoms with Gasteiger partial charge in [-0.05, 0) is 26.0 Å². The van der Waals surface area contributed by atoms with Gasteiger partial charge in [0.1, 0.15) is 5.82 Å². The number of fused-ring (bicyclic) bond motifs is 1. The Morgan fingerprint density at radius 2 is 1.94 bits per heavy atom. The van der Waals surface area contributed by atoms with Crippen molar-refractivity contribution in [3.05, 3.63) is 35.9 Å². The third kappa shape index (κ3) is 2.14. The van der Waals surface area contributed by atoms with E-state index in [1.54, 1.807) is 12.1 Å². The Bertz CT molecular complexity index is 577. The fourth-order valence-electron chi connectivity index (χ4n) is 2.05. The molecule has 0 spiro atoms. The highest BCUT2D eigenvalue weighted by Gasteiger charge is 2.13. The highest BCUT2D eigenvalue weighted by atomic mass is 16.4. The van der Waals surface area contributed by atoms with Crippen LogP contribution in [0.4, 0.5) is 5.82 Å². The van der Waals surface area contributed by atoms with Gasteiger partial charge < -0.3 is 10.0 Å². The predicted octanol–water partition coefficient (Wildman–Crippen LogP) is 2.78. The first kappa shape index (κ1) is 12.4. The molecule has 1 aromatic carbocycles. The normalized spacial score (nSPS) is 10.6. The topological polar surface area (TPSA) is 53.4 Å². The number of benzene rings is 1. The number of aromatic carboxylic acids is 1. The van der Waals surface area contributed by atoms with E-state index >= 15 is 0 Å². The van der Waals surface area contributed by atoms with Gasteiger partial charge in [0.2, 0.25) is 0 Å². The van der Waals surface area contributed by atoms with E-state index in [0.29, 0.717) is 10.9 Å². The molecule has 0 fully saturated rings. The maximum absolute atomic E-state index is 11.3. The van der Waals surface area contributed by atoms with E-state index in [-0.39, 0.29) is 0 Å². The summed E-state index contributed by atoms with van der Waals surface area (Å²) < 4.78 is 0. The molecule has 0 aliphatic heterocycles. The number of hydrogen-bond donors (Lipinski definition) is 1. The van der Waals surface area contributed by atoms with Crippen LogP contribution in [0.2, 0.25) is 0 Å². The summed E-state index contributed by atoms with van der Waals surface area (Å²) in [5, 5.41) is 9.97. The zero-order valence-corrected chi connectivity index (χ0v) is 10.6. The van der Waals surface area contributed by atoms with Gasteiger partial charge in [-0.25, -0.2) is 9.78 Å². The van der Waals surface area contributed by atoms with E-state index in [9.17, 15) is 9.90 Å². The van der Waals surface area contributed by atoms with Crippen molar-refractivity contribution in [2.75, 3.05) is 18.0 Å². The second kappa shape index (κ2) is 5.04. The highest BCUT2D eigenvalue weighted by molar-refractivity contribution is 6.03. The van der Waals surface area contributed by atoms with Gasteiger partial charge in [0.25, 0.3) is 0 Å². The molecule has 0 amide bonds. The van der Waals surface area contributed by atoms with Crippen molar-refractivity contribution in [1.82, 2.24) is 4.98 Å². The number of carbonyl (C=O) groups is 1. The first-order chi connectivity index (χ1) is 8.67. The van der Waals surface area contributed by atoms with Gasteiger partial charge in [-0.15, -0.1) is 0 Å². The summed E-state index contributed by atoms with van der Waals surface area (Å²) in [5.74, 6) is -0.196. The van der Waals surface area contributed by atoms with Gasteiger partial charge >= 0.3 is 5.97 Å². The Morgan fingerprint density at radius 3 is 2.56 bits per heavy atom. The Balaban J connectivity index is 2.67. The predicted molar refractivity (Wildman–Crippen MR) is 72.3 cm³/mol. The fourth-order valence-corrected chi connectivity index (χ4v) is 2.05. The van der Waals surface area contributed by atoms with Crippen LogP contribution in [0.3, 0.4) is 0 Å². The summed E-state index contributed by atoms with van der Waals surface area (Å²) >= 11 is 0. The zero-order valence-electron chi connectivity index (χ0n) is 10.6. The molecule has 4 nitrogen and oxygen atoms in total. The summed E-state index contributed by atoms with van der Waals surface area (Å²) in [7, 11) is 0. The van der Waals surface area contributed by atoms with Gasteiger partial charge in [-0.1, -0.05) is 18.2 Å². The van der Waals surface area contributed by atoms with Crippen LogP contribution in [-0.4, -0.2) is 29.1 Å². The molecule has 0 atom stereocenters. The number of anilines is 1. The first-order valence-corrected chi connectivity index (χ1v) is 6.05. The molecule has 18 heavy (non-hydrogen) atoms. The van der Waals surface area contributed by atoms with Gasteiger partial charge in [-0.3, -0.25) is 0 Å². The molecule has 0 saturated heterocycles. The van der Waals surface area contributed by atoms with E-state index in [2.05, 4.69) is 4.98 Å². The number of pyridine rings is 1. The molecule has 0 aliphatic rings. The molecular weight excluding hydrogens is 228 g/mol. The minimum atomic E-state index is -0.915. The lowest BCUT2D eigenvalue weighted by molar-refractivity contribution is 0.0699. The quantitative estimate of drug-likeness (QED) is 0.898. The second-order valence-corrected chi connectivity index (χ2v) is 4.02. The standard InChI is InChI=1S/C14H16N2O2/c1-3-16(4-2)13-9-11(14(17)18)10-7-5-6-8-12(10)15-13/h5-9H,3-4H2,1-2H3,(H,17,18). The lowest BCUT2D eigenvalue weighted by atomic mass is 10.1. The molecule has 2 rings (SSSR count). The number of carboxylic acid groups (broad SMARTS) is 1. The van der Waals surface area contributed by atoms with Crippen molar-refractivity contribution >= 4 is 22.7 Å². The SMILES string of the molecule is CCN(CC)c1cc(C(=O)O)c2ccccc2n1. The molecule has 0 unspecified atom stereocenters. The summed E-state index contributed by atoms with van der Waals surface area (Å²) in [4.78, 5) is 17.9. The van der Waals surface area contributed by atoms with Gasteiger partial charge in [0.05, 0.1) is 11.1 Å². The Kier molecular flexibility index (Phi) is 3.46. The fraction of sp³-hybridized carbons (Fsp3) is 0.286. The van der Waals surface area contributed by atoms with Crippen LogP contribution >= 0.6 is 0 Å². The number of nitrogens with zero attached hydrogens (tertiary/aromatic N) is 2. The number of hydrogen-bond acceptors (Lipinski definition) is 3. The molecule has 1 heterocycles. The molecule has 2 aromatic rings. The smallest absolute Gasteiger partial charge is 0.336 e. The Labute approximate surface area is 106 Å². The summed E-state index contributed by atoms with van der Waals surface area (Å²) in [5.41, 5.74) is 1.03. The van der Waals surface area contributed by atoms with Crippen molar-refractivity contribution in [1.29, 1.82) is 0 Å². The van der Waals surface area contributed by atoms with Crippen LogP contribution in [-0.2, 0) is 0 Å². The van der Waals surface area contributed by atoms with Crippen molar-refractivity contribution in [3.8, 4) is 0 Å². The molecule has 0 bridgehead atoms. The maximum atomic E-state index is 11.3. The average Bonchev–Trinajstić information content (AvgIpc) is 2.39. The summed E-state index contributed by atoms with van der Waals surface area (Å²) in [6.07, 6.45) is 0. The van der Waals surface area contributed by atoms with Crippen molar-refractivity contribution in [2.24, 2.45) is 0 Å². The monoisotopic (exact) mass is 244 g/mol. The van der Waals surface area contributed by atoms with Gasteiger partial charge in [-0.2, -0.15) is 0 Å². The number of rotatable bonds is 4. The molecule has 94 valence electrons. The van der Waals surface area contributed by atoms with Crippen molar-refractivity contribution in [3.63, 3.8) is 0 Å². The molecular formula is C14H16N2O2. The third-order valence-corrected chi connectivity index (χ3v) is 3.02. The maximum Gasteiger partial charge on any atom is 0.336 e. The minimum absolute atomic E-state index is 0.308. The van der Waals surface area contributed by atoms with Crippen LogP contribution in [0.1, 0.15) is 24.2 Å². The van der Waals surface area contributed by atoms with E-state index in [4.69, 9.17) is 0 Å². The van der Waals surface area contributed by atoms with Crippen LogP contribution in [0.5, 0.6) is 0 Å². The van der Waals surface area contributed by atoms with Gasteiger partial charge in [0, 0.05) is 18.5 Å². The molecule has 0 saturated carbocycles. The van der Waals surface area contributed by atoms with E-state index in [1.807, 2.05) is 36.9 Å². The van der Waals surface area contributed by atoms with Crippen molar-refractivity contribution in [2.45, 2.75) is 13.8 Å². The zero-order chi connectivity index (χ0) is 13.1. The molecule has 1 aromatic heterocycles. The van der Waals surface area contributed by atoms with E-state index < -0.39 is 5.97 Å². The third-order valence-electron chi connectivity index (χ3n) is 3.02. The minimum Gasteiger partial charge on any atom is -0.478 e. The van der Waals surface area contributed by atoms with Crippen molar-refractivity contribution < 1.29 is 9.90 Å². The van der Waals surface area contributed by atoms with Crippen LogP contribution in [0.15, 0.2) is 30.3 Å². The Hall–Kier alpha value is -2.10. The molecule has 4 heteroatoms. The number of aromatic nitrogens is 1. The van der Waals surface area contributed by atoms with Crippen LogP contribution < -0.4 is 4.90 Å². The largest absolute Gasteiger partial charge is 0.478 e. The van der Waals surface area contributed by atoms with E-state index in [0.717, 1.165) is 24.4 Å². The number of para-hydroxylation sites is 1. The lowest BCUT2D eigenvalue weighted by Gasteiger charge is -2.20. The number of carboxylic acids is 1.